The van der Waals surface area contributed by atoms with E-state index in [-0.39, 0.29) is 47.4 Å². The van der Waals surface area contributed by atoms with Crippen molar-refractivity contribution in [3.05, 3.63) is 35.4 Å². The zero-order chi connectivity index (χ0) is 19.3. The van der Waals surface area contributed by atoms with Gasteiger partial charge in [-0.1, -0.05) is 24.3 Å². The Hall–Kier alpha value is -1.36. The highest BCUT2D eigenvalue weighted by molar-refractivity contribution is 14.0. The summed E-state index contributed by atoms with van der Waals surface area (Å²) in [7, 11) is -2.92. The number of carbonyl (C=O) groups is 1. The van der Waals surface area contributed by atoms with Gasteiger partial charge in [0.15, 0.2) is 15.8 Å². The molecule has 1 aromatic carbocycles. The van der Waals surface area contributed by atoms with Crippen molar-refractivity contribution < 1.29 is 13.2 Å². The van der Waals surface area contributed by atoms with Crippen molar-refractivity contribution in [1.29, 1.82) is 0 Å². The Morgan fingerprint density at radius 1 is 1.25 bits per heavy atom. The summed E-state index contributed by atoms with van der Waals surface area (Å²) in [6.45, 7) is 4.59. The SMILES string of the molecule is CCNC(=NCCCC(=O)N1Cc2ccccc2C1)NC1CCS(=O)(=O)C1.I. The van der Waals surface area contributed by atoms with Crippen molar-refractivity contribution in [3.8, 4) is 0 Å². The Kier molecular flexibility index (Phi) is 8.54. The van der Waals surface area contributed by atoms with E-state index >= 15 is 0 Å². The number of fused-ring (bicyclic) bond motifs is 1. The maximum atomic E-state index is 12.4. The standard InChI is InChI=1S/C19H28N4O3S.HI/c1-2-20-19(22-17-9-11-27(25,26)14-17)21-10-5-8-18(24)23-12-15-6-3-4-7-16(15)13-23;/h3-4,6-7,17H,2,5,8-14H2,1H3,(H2,20,21,22);1H. The van der Waals surface area contributed by atoms with Crippen LogP contribution in [-0.4, -0.2) is 55.8 Å². The minimum Gasteiger partial charge on any atom is -0.357 e. The normalized spacial score (nSPS) is 20.4. The molecule has 0 spiro atoms. The van der Waals surface area contributed by atoms with Gasteiger partial charge in [0.2, 0.25) is 5.91 Å². The number of rotatable bonds is 6. The second kappa shape index (κ2) is 10.4. The number of nitrogens with one attached hydrogen (secondary N) is 2. The van der Waals surface area contributed by atoms with Crippen LogP contribution in [0.2, 0.25) is 0 Å². The van der Waals surface area contributed by atoms with E-state index in [4.69, 9.17) is 0 Å². The molecule has 2 aliphatic rings. The average molecular weight is 520 g/mol. The fraction of sp³-hybridized carbons (Fsp3) is 0.579. The van der Waals surface area contributed by atoms with Crippen LogP contribution in [0.25, 0.3) is 0 Å². The van der Waals surface area contributed by atoms with Crippen LogP contribution in [0.5, 0.6) is 0 Å². The smallest absolute Gasteiger partial charge is 0.223 e. The largest absolute Gasteiger partial charge is 0.357 e. The maximum Gasteiger partial charge on any atom is 0.223 e. The lowest BCUT2D eigenvalue weighted by Crippen LogP contribution is -2.44. The van der Waals surface area contributed by atoms with Crippen LogP contribution in [0.3, 0.4) is 0 Å². The van der Waals surface area contributed by atoms with Crippen molar-refractivity contribution in [2.45, 2.75) is 45.3 Å². The highest BCUT2D eigenvalue weighted by Crippen LogP contribution is 2.22. The van der Waals surface area contributed by atoms with E-state index in [1.165, 1.54) is 11.1 Å². The van der Waals surface area contributed by atoms with Gasteiger partial charge >= 0.3 is 0 Å². The van der Waals surface area contributed by atoms with Crippen molar-refractivity contribution in [1.82, 2.24) is 15.5 Å². The van der Waals surface area contributed by atoms with Gasteiger partial charge in [0.1, 0.15) is 0 Å². The van der Waals surface area contributed by atoms with Crippen LogP contribution in [0, 0.1) is 0 Å². The topological polar surface area (TPSA) is 90.9 Å². The summed E-state index contributed by atoms with van der Waals surface area (Å²) in [5.74, 6) is 1.17. The van der Waals surface area contributed by atoms with E-state index in [2.05, 4.69) is 27.8 Å². The molecule has 1 aromatic rings. The number of guanidine groups is 1. The molecule has 7 nitrogen and oxygen atoms in total. The Morgan fingerprint density at radius 2 is 1.93 bits per heavy atom. The Labute approximate surface area is 184 Å². The summed E-state index contributed by atoms with van der Waals surface area (Å²) < 4.78 is 23.2. The Bertz CT molecular complexity index is 788. The van der Waals surface area contributed by atoms with Gasteiger partial charge in [-0.2, -0.15) is 0 Å². The molecule has 0 saturated carbocycles. The summed E-state index contributed by atoms with van der Waals surface area (Å²) in [6, 6.07) is 8.07. The molecule has 28 heavy (non-hydrogen) atoms. The monoisotopic (exact) mass is 520 g/mol. The third kappa shape index (κ3) is 6.33. The van der Waals surface area contributed by atoms with Crippen molar-refractivity contribution >= 4 is 45.7 Å². The third-order valence-electron chi connectivity index (χ3n) is 4.93. The first-order chi connectivity index (χ1) is 13.0. The van der Waals surface area contributed by atoms with Crippen LogP contribution >= 0.6 is 24.0 Å². The van der Waals surface area contributed by atoms with E-state index in [1.807, 2.05) is 24.0 Å². The number of hydrogen-bond acceptors (Lipinski definition) is 4. The predicted molar refractivity (Wildman–Crippen MR) is 122 cm³/mol. The minimum atomic E-state index is -2.92. The number of amides is 1. The molecule has 156 valence electrons. The Morgan fingerprint density at radius 3 is 2.50 bits per heavy atom. The minimum absolute atomic E-state index is 0. The first-order valence-corrected chi connectivity index (χ1v) is 11.4. The molecule has 1 fully saturated rings. The molecule has 9 heteroatoms. The molecule has 1 atom stereocenters. The second-order valence-corrected chi connectivity index (χ2v) is 9.36. The van der Waals surface area contributed by atoms with Crippen molar-refractivity contribution in [3.63, 3.8) is 0 Å². The molecule has 2 N–H and O–H groups in total. The lowest BCUT2D eigenvalue weighted by Gasteiger charge is -2.16. The van der Waals surface area contributed by atoms with Gasteiger partial charge in [-0.15, -0.1) is 24.0 Å². The van der Waals surface area contributed by atoms with E-state index < -0.39 is 9.84 Å². The molecular weight excluding hydrogens is 491 g/mol. The van der Waals surface area contributed by atoms with Gasteiger partial charge in [0.05, 0.1) is 11.5 Å². The van der Waals surface area contributed by atoms with Gasteiger partial charge in [0.25, 0.3) is 0 Å². The first-order valence-electron chi connectivity index (χ1n) is 9.56. The van der Waals surface area contributed by atoms with Gasteiger partial charge < -0.3 is 15.5 Å². The molecule has 0 bridgehead atoms. The molecule has 1 saturated heterocycles. The molecule has 0 aliphatic carbocycles. The number of carbonyl (C=O) groups excluding carboxylic acids is 1. The van der Waals surface area contributed by atoms with E-state index in [0.29, 0.717) is 51.4 Å². The fourth-order valence-corrected chi connectivity index (χ4v) is 5.18. The Balaban J connectivity index is 0.00000280. The number of aliphatic imine (C=N–C) groups is 1. The summed E-state index contributed by atoms with van der Waals surface area (Å²) in [5.41, 5.74) is 2.46. The number of hydrogen-bond donors (Lipinski definition) is 2. The van der Waals surface area contributed by atoms with Crippen LogP contribution in [0.15, 0.2) is 29.3 Å². The molecule has 2 heterocycles. The number of benzene rings is 1. The molecule has 2 aliphatic heterocycles. The van der Waals surface area contributed by atoms with E-state index in [1.54, 1.807) is 0 Å². The lowest BCUT2D eigenvalue weighted by molar-refractivity contribution is -0.131. The summed E-state index contributed by atoms with van der Waals surface area (Å²) in [6.07, 6.45) is 1.75. The fourth-order valence-electron chi connectivity index (χ4n) is 3.51. The zero-order valence-corrected chi connectivity index (χ0v) is 19.3. The quantitative estimate of drug-likeness (QED) is 0.258. The van der Waals surface area contributed by atoms with E-state index in [0.717, 1.165) is 0 Å². The highest BCUT2D eigenvalue weighted by Gasteiger charge is 2.28. The van der Waals surface area contributed by atoms with Gasteiger partial charge in [-0.3, -0.25) is 9.79 Å². The summed E-state index contributed by atoms with van der Waals surface area (Å²) in [4.78, 5) is 18.8. The van der Waals surface area contributed by atoms with Crippen LogP contribution in [0.4, 0.5) is 0 Å². The summed E-state index contributed by atoms with van der Waals surface area (Å²) in [5, 5.41) is 6.33. The number of sulfone groups is 1. The highest BCUT2D eigenvalue weighted by atomic mass is 127. The second-order valence-electron chi connectivity index (χ2n) is 7.13. The van der Waals surface area contributed by atoms with E-state index in [9.17, 15) is 13.2 Å². The van der Waals surface area contributed by atoms with Gasteiger partial charge in [-0.05, 0) is 30.9 Å². The third-order valence-corrected chi connectivity index (χ3v) is 6.70. The maximum absolute atomic E-state index is 12.4. The van der Waals surface area contributed by atoms with Gasteiger partial charge in [0, 0.05) is 38.6 Å². The summed E-state index contributed by atoms with van der Waals surface area (Å²) >= 11 is 0. The molecule has 1 unspecified atom stereocenters. The number of halogens is 1. The lowest BCUT2D eigenvalue weighted by atomic mass is 10.1. The van der Waals surface area contributed by atoms with Crippen LogP contribution < -0.4 is 10.6 Å². The molecule has 0 radical (unpaired) electrons. The first kappa shape index (κ1) is 22.9. The van der Waals surface area contributed by atoms with Crippen molar-refractivity contribution in [2.75, 3.05) is 24.6 Å². The van der Waals surface area contributed by atoms with Crippen LogP contribution in [0.1, 0.15) is 37.3 Å². The average Bonchev–Trinajstić information content (AvgIpc) is 3.21. The van der Waals surface area contributed by atoms with Crippen LogP contribution in [-0.2, 0) is 27.7 Å². The zero-order valence-electron chi connectivity index (χ0n) is 16.2. The molecule has 1 amide bonds. The van der Waals surface area contributed by atoms with Gasteiger partial charge in [-0.25, -0.2) is 8.42 Å². The molecular formula is C19H29IN4O3S. The number of nitrogens with zero attached hydrogens (tertiary/aromatic N) is 2. The predicted octanol–water partition coefficient (Wildman–Crippen LogP) is 1.67. The molecule has 3 rings (SSSR count). The van der Waals surface area contributed by atoms with Crippen molar-refractivity contribution in [2.24, 2.45) is 4.99 Å². The molecule has 0 aromatic heterocycles.